The Bertz CT molecular complexity index is 2420. The van der Waals surface area contributed by atoms with Crippen LogP contribution in [0.2, 0.25) is 0 Å². The molecule has 2 aliphatic rings. The molecule has 1 aliphatic carbocycles. The van der Waals surface area contributed by atoms with Crippen molar-refractivity contribution < 1.29 is 0 Å². The Morgan fingerprint density at radius 1 is 0.673 bits per heavy atom. The lowest BCUT2D eigenvalue weighted by Crippen LogP contribution is -2.42. The van der Waals surface area contributed by atoms with Gasteiger partial charge in [-0.2, -0.15) is 0 Å². The van der Waals surface area contributed by atoms with Gasteiger partial charge >= 0.3 is 0 Å². The van der Waals surface area contributed by atoms with Crippen molar-refractivity contribution in [1.82, 2.24) is 20.7 Å². The van der Waals surface area contributed by atoms with Crippen LogP contribution < -0.4 is 21.9 Å². The molecule has 52 heavy (non-hydrogen) atoms. The first-order valence-corrected chi connectivity index (χ1v) is 18.1. The normalized spacial score (nSPS) is 14.8. The summed E-state index contributed by atoms with van der Waals surface area (Å²) in [6.07, 6.45) is 4.09. The molecule has 0 saturated heterocycles. The number of hydrazine groups is 1. The molecule has 2 heterocycles. The van der Waals surface area contributed by atoms with Crippen LogP contribution in [-0.4, -0.2) is 17.7 Å². The summed E-state index contributed by atoms with van der Waals surface area (Å²) in [4.78, 5) is 0. The van der Waals surface area contributed by atoms with Crippen molar-refractivity contribution in [3.8, 4) is 22.3 Å². The summed E-state index contributed by atoms with van der Waals surface area (Å²) in [5.74, 6) is 0. The van der Waals surface area contributed by atoms with Gasteiger partial charge in [-0.3, -0.25) is 5.43 Å². The van der Waals surface area contributed by atoms with E-state index in [0.717, 1.165) is 17.8 Å². The quantitative estimate of drug-likeness (QED) is 0.100. The molecule has 0 bridgehead atoms. The third kappa shape index (κ3) is 6.35. The van der Waals surface area contributed by atoms with Crippen molar-refractivity contribution in [3.63, 3.8) is 0 Å². The van der Waals surface area contributed by atoms with E-state index in [-0.39, 0.29) is 11.6 Å². The number of fused-ring (bicyclic) bond motifs is 6. The van der Waals surface area contributed by atoms with Gasteiger partial charge in [0.15, 0.2) is 0 Å². The van der Waals surface area contributed by atoms with E-state index < -0.39 is 0 Å². The van der Waals surface area contributed by atoms with Gasteiger partial charge < -0.3 is 15.6 Å². The molecule has 5 heteroatoms. The van der Waals surface area contributed by atoms with Gasteiger partial charge in [0.05, 0.1) is 23.7 Å². The Labute approximate surface area is 306 Å². The number of allylic oxidation sites excluding steroid dienone is 2. The van der Waals surface area contributed by atoms with Crippen molar-refractivity contribution in [2.24, 2.45) is 5.73 Å². The van der Waals surface area contributed by atoms with Gasteiger partial charge in [0.2, 0.25) is 0 Å². The maximum atomic E-state index is 6.45. The highest BCUT2D eigenvalue weighted by Crippen LogP contribution is 2.50. The molecule has 7 aromatic rings. The molecular weight excluding hydrogens is 635 g/mol. The van der Waals surface area contributed by atoms with Crippen molar-refractivity contribution in [1.29, 1.82) is 0 Å². The van der Waals surface area contributed by atoms with E-state index in [0.29, 0.717) is 6.54 Å². The van der Waals surface area contributed by atoms with Crippen molar-refractivity contribution in [2.45, 2.75) is 32.4 Å². The Morgan fingerprint density at radius 2 is 1.35 bits per heavy atom. The van der Waals surface area contributed by atoms with E-state index in [1.807, 2.05) is 24.3 Å². The number of aryl methyl sites for hydroxylation is 1. The minimum absolute atomic E-state index is 0.0445. The van der Waals surface area contributed by atoms with Gasteiger partial charge in [0.25, 0.3) is 0 Å². The number of para-hydroxylation sites is 1. The number of hydrogen-bond donors (Lipinski definition) is 4. The number of nitrogens with one attached hydrogen (secondary N) is 3. The summed E-state index contributed by atoms with van der Waals surface area (Å²) in [5.41, 5.74) is 28.0. The third-order valence-corrected chi connectivity index (χ3v) is 10.5. The summed E-state index contributed by atoms with van der Waals surface area (Å²) >= 11 is 0. The third-order valence-electron chi connectivity index (χ3n) is 10.5. The number of aromatic nitrogens is 1. The van der Waals surface area contributed by atoms with Crippen molar-refractivity contribution in [2.75, 3.05) is 13.1 Å². The lowest BCUT2D eigenvalue weighted by Gasteiger charge is -2.23. The Morgan fingerprint density at radius 3 is 2.06 bits per heavy atom. The maximum Gasteiger partial charge on any atom is 0.0938 e. The predicted molar refractivity (Wildman–Crippen MR) is 218 cm³/mol. The second-order valence-electron chi connectivity index (χ2n) is 14.3. The van der Waals surface area contributed by atoms with E-state index in [9.17, 15) is 0 Å². The number of rotatable bonds is 7. The smallest absolute Gasteiger partial charge is 0.0938 e. The van der Waals surface area contributed by atoms with Gasteiger partial charge in [-0.25, -0.2) is 5.43 Å². The van der Waals surface area contributed by atoms with Gasteiger partial charge in [-0.15, -0.1) is 0 Å². The van der Waals surface area contributed by atoms with Crippen LogP contribution in [0.25, 0.3) is 49.8 Å². The van der Waals surface area contributed by atoms with Gasteiger partial charge in [0, 0.05) is 34.1 Å². The fourth-order valence-electron chi connectivity index (χ4n) is 7.65. The topological polar surface area (TPSA) is 67.0 Å². The first kappa shape index (κ1) is 33.4. The number of nitrogens with two attached hydrogens (primary N) is 1. The zero-order valence-electron chi connectivity index (χ0n) is 30.0. The number of nitrogens with zero attached hydrogens (tertiary/aromatic N) is 1. The number of hydrogen-bond acceptors (Lipinski definition) is 4. The highest BCUT2D eigenvalue weighted by Gasteiger charge is 2.36. The fraction of sp³-hybridized carbons (Fsp3) is 0.149. The lowest BCUT2D eigenvalue weighted by molar-refractivity contribution is 0.460. The summed E-state index contributed by atoms with van der Waals surface area (Å²) in [5, 5.41) is 6.22. The molecule has 0 saturated carbocycles. The largest absolute Gasteiger partial charge is 0.382 e. The van der Waals surface area contributed by atoms with Crippen LogP contribution >= 0.6 is 0 Å². The lowest BCUT2D eigenvalue weighted by atomic mass is 9.82. The molecule has 5 N–H and O–H groups in total. The van der Waals surface area contributed by atoms with E-state index in [1.165, 1.54) is 66.4 Å². The molecule has 1 atom stereocenters. The standard InChI is InChI=1S/C40H37N5.C7H8/c1-40(2)35-14-8-6-12-31(35)33-22-34-32-13-7-9-15-37(32)45(38(34)23-36(33)40)30-21-20-29(42-25-30)24-43-44-39(41)28-18-16-27(17-19-28)26-10-4-3-5-11-26;1-7-5-3-2-4-6-7/h3-23,39,42-44H,24-25,41H2,1-2H3;2-6H,1H3. The van der Waals surface area contributed by atoms with Crippen LogP contribution in [-0.2, 0) is 5.41 Å². The zero-order valence-corrected chi connectivity index (χ0v) is 30.0. The molecule has 1 aliphatic heterocycles. The Hall–Kier alpha value is -5.72. The summed E-state index contributed by atoms with van der Waals surface area (Å²) < 4.78 is 2.44. The van der Waals surface area contributed by atoms with E-state index >= 15 is 0 Å². The van der Waals surface area contributed by atoms with Crippen LogP contribution in [0, 0.1) is 6.92 Å². The van der Waals surface area contributed by atoms with E-state index in [4.69, 9.17) is 5.73 Å². The molecule has 0 amide bonds. The van der Waals surface area contributed by atoms with Crippen LogP contribution in [0.3, 0.4) is 0 Å². The Kier molecular flexibility index (Phi) is 9.08. The van der Waals surface area contributed by atoms with Crippen LogP contribution in [0.4, 0.5) is 0 Å². The predicted octanol–water partition coefficient (Wildman–Crippen LogP) is 9.84. The average molecular weight is 680 g/mol. The molecule has 1 aromatic heterocycles. The molecule has 0 radical (unpaired) electrons. The molecule has 0 spiro atoms. The minimum Gasteiger partial charge on any atom is -0.382 e. The van der Waals surface area contributed by atoms with Crippen LogP contribution in [0.1, 0.15) is 42.3 Å². The maximum absolute atomic E-state index is 6.45. The molecule has 258 valence electrons. The minimum atomic E-state index is -0.320. The van der Waals surface area contributed by atoms with Gasteiger partial charge in [-0.1, -0.05) is 147 Å². The first-order chi connectivity index (χ1) is 25.4. The van der Waals surface area contributed by atoms with Crippen LogP contribution in [0.15, 0.2) is 163 Å². The molecule has 9 rings (SSSR count). The van der Waals surface area contributed by atoms with Crippen LogP contribution in [0.5, 0.6) is 0 Å². The van der Waals surface area contributed by atoms with Gasteiger partial charge in [0.1, 0.15) is 0 Å². The second-order valence-corrected chi connectivity index (χ2v) is 14.3. The van der Waals surface area contributed by atoms with Crippen molar-refractivity contribution >= 4 is 27.5 Å². The van der Waals surface area contributed by atoms with Crippen molar-refractivity contribution in [3.05, 3.63) is 186 Å². The van der Waals surface area contributed by atoms with E-state index in [1.54, 1.807) is 0 Å². The zero-order chi connectivity index (χ0) is 35.7. The van der Waals surface area contributed by atoms with E-state index in [2.05, 4.69) is 175 Å². The fourth-order valence-corrected chi connectivity index (χ4v) is 7.65. The average Bonchev–Trinajstić information content (AvgIpc) is 3.63. The SMILES string of the molecule is CC1(C)c2ccccc2-c2cc3c4ccccc4n(C4=CC=C(CNNC(N)c5ccc(-c6ccccc6)cc5)NC4)c3cc21.Cc1ccccc1. The summed E-state index contributed by atoms with van der Waals surface area (Å²) in [6, 6.07) is 51.5. The van der Waals surface area contributed by atoms with Gasteiger partial charge in [-0.05, 0) is 76.2 Å². The first-order valence-electron chi connectivity index (χ1n) is 18.1. The molecular formula is C47H45N5. The highest BCUT2D eigenvalue weighted by molar-refractivity contribution is 6.12. The Balaban J connectivity index is 0.000000497. The monoisotopic (exact) mass is 679 g/mol. The number of benzene rings is 6. The summed E-state index contributed by atoms with van der Waals surface area (Å²) in [6.45, 7) is 8.14. The summed E-state index contributed by atoms with van der Waals surface area (Å²) in [7, 11) is 0. The highest BCUT2D eigenvalue weighted by atomic mass is 15.4. The molecule has 6 aromatic carbocycles. The molecule has 0 fully saturated rings. The second kappa shape index (κ2) is 14.1. The molecule has 5 nitrogen and oxygen atoms in total. The molecule has 1 unspecified atom stereocenters. The number of dihydropyridines is 1.